The fraction of sp³-hybridized carbons (Fsp3) is 0.500. The van der Waals surface area contributed by atoms with Crippen molar-refractivity contribution in [2.45, 2.75) is 0 Å². The van der Waals surface area contributed by atoms with Crippen molar-refractivity contribution in [3.8, 4) is 0 Å². The van der Waals surface area contributed by atoms with Crippen LogP contribution in [0, 0.1) is 0 Å². The van der Waals surface area contributed by atoms with E-state index in [2.05, 4.69) is 20.7 Å². The van der Waals surface area contributed by atoms with Crippen molar-refractivity contribution in [2.75, 3.05) is 44.2 Å². The lowest BCUT2D eigenvalue weighted by Gasteiger charge is -2.17. The van der Waals surface area contributed by atoms with Gasteiger partial charge in [0.05, 0.1) is 13.2 Å². The molecule has 18 heavy (non-hydrogen) atoms. The van der Waals surface area contributed by atoms with Crippen LogP contribution < -0.4 is 21.5 Å². The van der Waals surface area contributed by atoms with Crippen LogP contribution in [-0.2, 0) is 9.53 Å². The molecule has 8 heteroatoms. The van der Waals surface area contributed by atoms with Crippen LogP contribution in [0.25, 0.3) is 0 Å². The Balaban J connectivity index is 2.48. The third-order valence-corrected chi connectivity index (χ3v) is 2.20. The number of likely N-dealkylation sites (N-methyl/N-ethyl adjacent to an activating group) is 1. The van der Waals surface area contributed by atoms with Crippen molar-refractivity contribution in [1.29, 1.82) is 0 Å². The lowest BCUT2D eigenvalue weighted by molar-refractivity contribution is -0.119. The van der Waals surface area contributed by atoms with Crippen LogP contribution in [0.4, 0.5) is 11.6 Å². The monoisotopic (exact) mass is 254 g/mol. The van der Waals surface area contributed by atoms with Gasteiger partial charge in [0.1, 0.15) is 18.0 Å². The number of hydrogen-bond donors (Lipinski definition) is 3. The zero-order chi connectivity index (χ0) is 13.4. The zero-order valence-corrected chi connectivity index (χ0v) is 10.5. The van der Waals surface area contributed by atoms with Gasteiger partial charge in [-0.3, -0.25) is 4.79 Å². The highest BCUT2D eigenvalue weighted by Crippen LogP contribution is 2.10. The van der Waals surface area contributed by atoms with Crippen LogP contribution in [0.5, 0.6) is 0 Å². The number of aromatic nitrogens is 2. The van der Waals surface area contributed by atoms with Crippen LogP contribution in [0.1, 0.15) is 0 Å². The summed E-state index contributed by atoms with van der Waals surface area (Å²) in [5.74, 6) is 6.25. The zero-order valence-electron chi connectivity index (χ0n) is 10.5. The third kappa shape index (κ3) is 4.52. The Morgan fingerprint density at radius 2 is 2.33 bits per heavy atom. The van der Waals surface area contributed by atoms with E-state index in [0.717, 1.165) is 0 Å². The summed E-state index contributed by atoms with van der Waals surface area (Å²) in [6.45, 7) is 1.18. The molecule has 0 saturated heterocycles. The number of hydrazine groups is 1. The molecular formula is C10H18N6O2. The molecule has 1 amide bonds. The average molecular weight is 254 g/mol. The SMILES string of the molecule is COCCNC(=O)CN(C)c1cc(NN)ncn1. The Hall–Kier alpha value is -1.93. The molecule has 1 heterocycles. The summed E-state index contributed by atoms with van der Waals surface area (Å²) in [5.41, 5.74) is 2.42. The molecule has 0 radical (unpaired) electrons. The van der Waals surface area contributed by atoms with Gasteiger partial charge in [-0.05, 0) is 0 Å². The fourth-order valence-electron chi connectivity index (χ4n) is 1.28. The molecule has 0 spiro atoms. The summed E-state index contributed by atoms with van der Waals surface area (Å²) in [7, 11) is 3.35. The number of hydrogen-bond acceptors (Lipinski definition) is 7. The molecule has 1 rings (SSSR count). The summed E-state index contributed by atoms with van der Waals surface area (Å²) >= 11 is 0. The largest absolute Gasteiger partial charge is 0.383 e. The normalized spacial score (nSPS) is 9.94. The second-order valence-electron chi connectivity index (χ2n) is 3.60. The molecule has 100 valence electrons. The fourth-order valence-corrected chi connectivity index (χ4v) is 1.28. The highest BCUT2D eigenvalue weighted by Gasteiger charge is 2.08. The lowest BCUT2D eigenvalue weighted by Crippen LogP contribution is -2.37. The molecule has 0 saturated carbocycles. The van der Waals surface area contributed by atoms with E-state index >= 15 is 0 Å². The van der Waals surface area contributed by atoms with Gasteiger partial charge in [0.2, 0.25) is 5.91 Å². The maximum Gasteiger partial charge on any atom is 0.239 e. The summed E-state index contributed by atoms with van der Waals surface area (Å²) in [6, 6.07) is 1.66. The molecular weight excluding hydrogens is 236 g/mol. The van der Waals surface area contributed by atoms with Crippen molar-refractivity contribution in [3.05, 3.63) is 12.4 Å². The molecule has 1 aromatic rings. The van der Waals surface area contributed by atoms with Gasteiger partial charge in [-0.25, -0.2) is 15.8 Å². The number of nitrogens with one attached hydrogen (secondary N) is 2. The van der Waals surface area contributed by atoms with Gasteiger partial charge in [-0.1, -0.05) is 0 Å². The smallest absolute Gasteiger partial charge is 0.239 e. The van der Waals surface area contributed by atoms with E-state index in [1.54, 1.807) is 25.1 Å². The van der Waals surface area contributed by atoms with Crippen LogP contribution in [0.15, 0.2) is 12.4 Å². The first-order valence-electron chi connectivity index (χ1n) is 5.42. The molecule has 0 bridgehead atoms. The number of anilines is 2. The number of methoxy groups -OCH3 is 1. The maximum absolute atomic E-state index is 11.6. The highest BCUT2D eigenvalue weighted by molar-refractivity contribution is 5.80. The summed E-state index contributed by atoms with van der Waals surface area (Å²) in [5, 5.41) is 2.72. The summed E-state index contributed by atoms with van der Waals surface area (Å²) in [4.78, 5) is 21.2. The number of rotatable bonds is 7. The van der Waals surface area contributed by atoms with Gasteiger partial charge in [0, 0.05) is 26.8 Å². The Kier molecular flexibility index (Phi) is 5.81. The molecule has 4 N–H and O–H groups in total. The van der Waals surface area contributed by atoms with E-state index in [4.69, 9.17) is 10.6 Å². The first-order valence-corrected chi connectivity index (χ1v) is 5.42. The standard InChI is InChI=1S/C10H18N6O2/c1-16(6-10(17)12-3-4-18-2)9-5-8(15-11)13-7-14-9/h5,7H,3-4,6,11H2,1-2H3,(H,12,17)(H,13,14,15). The van der Waals surface area contributed by atoms with Gasteiger partial charge in [0.15, 0.2) is 0 Å². The Morgan fingerprint density at radius 1 is 1.56 bits per heavy atom. The second kappa shape index (κ2) is 7.41. The number of nitrogens with two attached hydrogens (primary N) is 1. The van der Waals surface area contributed by atoms with Crippen molar-refractivity contribution in [1.82, 2.24) is 15.3 Å². The molecule has 1 aromatic heterocycles. The van der Waals surface area contributed by atoms with Gasteiger partial charge in [0.25, 0.3) is 0 Å². The van der Waals surface area contributed by atoms with E-state index < -0.39 is 0 Å². The quantitative estimate of drug-likeness (QED) is 0.324. The molecule has 0 aliphatic carbocycles. The molecule has 0 aliphatic rings. The van der Waals surface area contributed by atoms with Crippen LogP contribution in [0.2, 0.25) is 0 Å². The number of ether oxygens (including phenoxy) is 1. The van der Waals surface area contributed by atoms with Crippen LogP contribution in [0.3, 0.4) is 0 Å². The van der Waals surface area contributed by atoms with Crippen LogP contribution in [-0.4, -0.2) is 49.7 Å². The Bertz CT molecular complexity index is 386. The van der Waals surface area contributed by atoms with E-state index in [1.165, 1.54) is 6.33 Å². The van der Waals surface area contributed by atoms with Gasteiger partial charge >= 0.3 is 0 Å². The summed E-state index contributed by atoms with van der Waals surface area (Å²) < 4.78 is 4.84. The highest BCUT2D eigenvalue weighted by atomic mass is 16.5. The number of carbonyl (C=O) groups is 1. The lowest BCUT2D eigenvalue weighted by atomic mass is 10.4. The number of nitrogen functional groups attached to an aromatic ring is 1. The van der Waals surface area contributed by atoms with E-state index in [0.29, 0.717) is 24.8 Å². The molecule has 8 nitrogen and oxygen atoms in total. The van der Waals surface area contributed by atoms with Crippen molar-refractivity contribution in [3.63, 3.8) is 0 Å². The minimum absolute atomic E-state index is 0.101. The first-order chi connectivity index (χ1) is 8.67. The molecule has 0 fully saturated rings. The van der Waals surface area contributed by atoms with Gasteiger partial charge in [-0.2, -0.15) is 0 Å². The van der Waals surface area contributed by atoms with Crippen LogP contribution >= 0.6 is 0 Å². The van der Waals surface area contributed by atoms with Gasteiger partial charge < -0.3 is 20.4 Å². The maximum atomic E-state index is 11.6. The third-order valence-electron chi connectivity index (χ3n) is 2.20. The number of carbonyl (C=O) groups excluding carboxylic acids is 1. The van der Waals surface area contributed by atoms with Crippen molar-refractivity contribution < 1.29 is 9.53 Å². The van der Waals surface area contributed by atoms with Crippen molar-refractivity contribution in [2.24, 2.45) is 5.84 Å². The van der Waals surface area contributed by atoms with Crippen molar-refractivity contribution >= 4 is 17.5 Å². The first kappa shape index (κ1) is 14.1. The molecule has 0 unspecified atom stereocenters. The predicted octanol–water partition coefficient (Wildman–Crippen LogP) is -1.04. The molecule has 0 aromatic carbocycles. The topological polar surface area (TPSA) is 105 Å². The van der Waals surface area contributed by atoms with E-state index in [-0.39, 0.29) is 12.5 Å². The predicted molar refractivity (Wildman–Crippen MR) is 68.0 cm³/mol. The molecule has 0 atom stereocenters. The molecule has 0 aliphatic heterocycles. The number of amides is 1. The second-order valence-corrected chi connectivity index (χ2v) is 3.60. The minimum atomic E-state index is -0.101. The summed E-state index contributed by atoms with van der Waals surface area (Å²) in [6.07, 6.45) is 1.38. The van der Waals surface area contributed by atoms with Gasteiger partial charge in [-0.15, -0.1) is 0 Å². The Morgan fingerprint density at radius 3 is 3.00 bits per heavy atom. The van der Waals surface area contributed by atoms with E-state index in [1.807, 2.05) is 0 Å². The Labute approximate surface area is 106 Å². The van der Waals surface area contributed by atoms with E-state index in [9.17, 15) is 4.79 Å². The average Bonchev–Trinajstić information content (AvgIpc) is 2.39. The number of nitrogens with zero attached hydrogens (tertiary/aromatic N) is 3. The minimum Gasteiger partial charge on any atom is -0.383 e.